The second-order valence-corrected chi connectivity index (χ2v) is 6.67. The number of hydrogen-bond donors (Lipinski definition) is 1. The summed E-state index contributed by atoms with van der Waals surface area (Å²) in [5.74, 6) is 0. The molecule has 5 nitrogen and oxygen atoms in total. The van der Waals surface area contributed by atoms with Gasteiger partial charge < -0.3 is 10.6 Å². The molecule has 0 aliphatic carbocycles. The van der Waals surface area contributed by atoms with Gasteiger partial charge in [0.05, 0.1) is 5.25 Å². The number of rotatable bonds is 9. The van der Waals surface area contributed by atoms with Crippen LogP contribution in [0.25, 0.3) is 0 Å². The summed E-state index contributed by atoms with van der Waals surface area (Å²) in [6.45, 7) is 5.92. The molecule has 0 spiro atoms. The highest BCUT2D eigenvalue weighted by atomic mass is 32.2. The molecule has 0 saturated heterocycles. The Morgan fingerprint density at radius 1 is 1.18 bits per heavy atom. The van der Waals surface area contributed by atoms with E-state index in [-0.39, 0.29) is 6.54 Å². The highest BCUT2D eigenvalue weighted by molar-refractivity contribution is 7.89. The van der Waals surface area contributed by atoms with Crippen molar-refractivity contribution in [2.45, 2.75) is 31.9 Å². The monoisotopic (exact) mass is 265 g/mol. The molecule has 0 heterocycles. The lowest BCUT2D eigenvalue weighted by atomic mass is 10.3. The predicted octanol–water partition coefficient (Wildman–Crippen LogP) is 0.327. The Morgan fingerprint density at radius 3 is 2.12 bits per heavy atom. The zero-order valence-electron chi connectivity index (χ0n) is 11.5. The Kier molecular flexibility index (Phi) is 7.94. The van der Waals surface area contributed by atoms with Crippen LogP contribution in [-0.4, -0.2) is 63.1 Å². The molecule has 0 saturated carbocycles. The minimum Gasteiger partial charge on any atom is -0.329 e. The van der Waals surface area contributed by atoms with E-state index in [0.29, 0.717) is 19.5 Å². The quantitative estimate of drug-likeness (QED) is 0.652. The van der Waals surface area contributed by atoms with Crippen molar-refractivity contribution >= 4 is 10.0 Å². The van der Waals surface area contributed by atoms with Crippen molar-refractivity contribution in [2.24, 2.45) is 5.73 Å². The van der Waals surface area contributed by atoms with Crippen LogP contribution in [0.5, 0.6) is 0 Å². The largest absolute Gasteiger partial charge is 0.329 e. The van der Waals surface area contributed by atoms with Crippen molar-refractivity contribution in [3.05, 3.63) is 0 Å². The van der Waals surface area contributed by atoms with Gasteiger partial charge in [-0.05, 0) is 33.5 Å². The minimum absolute atomic E-state index is 0.197. The second kappa shape index (κ2) is 8.02. The standard InChI is InChI=1S/C11H27N3O2S/c1-5-11(10-12)17(15,16)14(6-2)9-7-8-13(3)4/h11H,5-10,12H2,1-4H3. The molecule has 0 aromatic carbocycles. The van der Waals surface area contributed by atoms with E-state index in [0.717, 1.165) is 13.0 Å². The second-order valence-electron chi connectivity index (χ2n) is 4.46. The third-order valence-corrected chi connectivity index (χ3v) is 5.39. The summed E-state index contributed by atoms with van der Waals surface area (Å²) in [4.78, 5) is 2.06. The molecule has 0 amide bonds. The lowest BCUT2D eigenvalue weighted by Gasteiger charge is -2.25. The third kappa shape index (κ3) is 5.33. The molecule has 17 heavy (non-hydrogen) atoms. The Balaban J connectivity index is 4.52. The molecule has 6 heteroatoms. The molecule has 0 radical (unpaired) electrons. The van der Waals surface area contributed by atoms with Crippen LogP contribution in [0.2, 0.25) is 0 Å². The lowest BCUT2D eigenvalue weighted by Crippen LogP contribution is -2.42. The van der Waals surface area contributed by atoms with Crippen LogP contribution in [-0.2, 0) is 10.0 Å². The van der Waals surface area contributed by atoms with Crippen LogP contribution in [0.3, 0.4) is 0 Å². The van der Waals surface area contributed by atoms with Gasteiger partial charge in [-0.3, -0.25) is 0 Å². The molecule has 0 aromatic heterocycles. The van der Waals surface area contributed by atoms with Crippen molar-refractivity contribution in [2.75, 3.05) is 40.3 Å². The average Bonchev–Trinajstić information content (AvgIpc) is 2.25. The molecule has 0 aliphatic heterocycles. The highest BCUT2D eigenvalue weighted by Gasteiger charge is 2.28. The maximum absolute atomic E-state index is 12.2. The normalized spacial score (nSPS) is 14.5. The van der Waals surface area contributed by atoms with E-state index in [9.17, 15) is 8.42 Å². The first kappa shape index (κ1) is 16.8. The fraction of sp³-hybridized carbons (Fsp3) is 1.00. The van der Waals surface area contributed by atoms with E-state index in [2.05, 4.69) is 4.90 Å². The van der Waals surface area contributed by atoms with Crippen molar-refractivity contribution in [3.63, 3.8) is 0 Å². The van der Waals surface area contributed by atoms with Gasteiger partial charge in [-0.15, -0.1) is 0 Å². The fourth-order valence-electron chi connectivity index (χ4n) is 1.74. The lowest BCUT2D eigenvalue weighted by molar-refractivity contribution is 0.353. The van der Waals surface area contributed by atoms with E-state index < -0.39 is 15.3 Å². The number of nitrogens with zero attached hydrogens (tertiary/aromatic N) is 2. The molecule has 0 bridgehead atoms. The summed E-state index contributed by atoms with van der Waals surface area (Å²) in [5, 5.41) is -0.443. The van der Waals surface area contributed by atoms with Gasteiger partial charge in [0, 0.05) is 19.6 Å². The summed E-state index contributed by atoms with van der Waals surface area (Å²) >= 11 is 0. The topological polar surface area (TPSA) is 66.6 Å². The van der Waals surface area contributed by atoms with Gasteiger partial charge >= 0.3 is 0 Å². The highest BCUT2D eigenvalue weighted by Crippen LogP contribution is 2.12. The van der Waals surface area contributed by atoms with Crippen molar-refractivity contribution < 1.29 is 8.42 Å². The van der Waals surface area contributed by atoms with Crippen molar-refractivity contribution in [3.8, 4) is 0 Å². The average molecular weight is 265 g/mol. The van der Waals surface area contributed by atoms with E-state index in [1.54, 1.807) is 4.31 Å². The smallest absolute Gasteiger partial charge is 0.218 e. The van der Waals surface area contributed by atoms with E-state index in [4.69, 9.17) is 5.73 Å². The van der Waals surface area contributed by atoms with Gasteiger partial charge in [-0.2, -0.15) is 0 Å². The minimum atomic E-state index is -3.22. The maximum Gasteiger partial charge on any atom is 0.218 e. The van der Waals surface area contributed by atoms with Gasteiger partial charge in [0.1, 0.15) is 0 Å². The Labute approximate surface area is 106 Å². The van der Waals surface area contributed by atoms with Gasteiger partial charge in [-0.25, -0.2) is 12.7 Å². The molecule has 0 aromatic rings. The van der Waals surface area contributed by atoms with Crippen LogP contribution >= 0.6 is 0 Å². The Bertz CT molecular complexity index is 287. The van der Waals surface area contributed by atoms with Gasteiger partial charge in [-0.1, -0.05) is 13.8 Å². The molecule has 2 N–H and O–H groups in total. The maximum atomic E-state index is 12.2. The molecule has 0 rings (SSSR count). The van der Waals surface area contributed by atoms with Crippen molar-refractivity contribution in [1.29, 1.82) is 0 Å². The first-order valence-electron chi connectivity index (χ1n) is 6.23. The first-order chi connectivity index (χ1) is 7.89. The van der Waals surface area contributed by atoms with Crippen LogP contribution in [0.4, 0.5) is 0 Å². The molecular formula is C11H27N3O2S. The van der Waals surface area contributed by atoms with Crippen LogP contribution in [0.15, 0.2) is 0 Å². The zero-order valence-corrected chi connectivity index (χ0v) is 12.3. The molecular weight excluding hydrogens is 238 g/mol. The summed E-state index contributed by atoms with van der Waals surface area (Å²) < 4.78 is 26.0. The van der Waals surface area contributed by atoms with E-state index >= 15 is 0 Å². The molecule has 0 aliphatic rings. The summed E-state index contributed by atoms with van der Waals surface area (Å²) in [6.07, 6.45) is 1.42. The van der Waals surface area contributed by atoms with E-state index in [1.807, 2.05) is 27.9 Å². The third-order valence-electron chi connectivity index (χ3n) is 2.86. The van der Waals surface area contributed by atoms with Crippen molar-refractivity contribution in [1.82, 2.24) is 9.21 Å². The van der Waals surface area contributed by atoms with Gasteiger partial charge in [0.2, 0.25) is 10.0 Å². The zero-order chi connectivity index (χ0) is 13.5. The molecule has 0 fully saturated rings. The van der Waals surface area contributed by atoms with Gasteiger partial charge in [0.15, 0.2) is 0 Å². The Hall–Kier alpha value is -0.170. The molecule has 104 valence electrons. The van der Waals surface area contributed by atoms with Crippen LogP contribution < -0.4 is 5.73 Å². The van der Waals surface area contributed by atoms with E-state index in [1.165, 1.54) is 0 Å². The van der Waals surface area contributed by atoms with Gasteiger partial charge in [0.25, 0.3) is 0 Å². The number of sulfonamides is 1. The van der Waals surface area contributed by atoms with Crippen LogP contribution in [0, 0.1) is 0 Å². The summed E-state index contributed by atoms with van der Waals surface area (Å²) in [6, 6.07) is 0. The number of nitrogens with two attached hydrogens (primary N) is 1. The summed E-state index contributed by atoms with van der Waals surface area (Å²) in [7, 11) is 0.750. The summed E-state index contributed by atoms with van der Waals surface area (Å²) in [5.41, 5.74) is 5.52. The van der Waals surface area contributed by atoms with Crippen LogP contribution in [0.1, 0.15) is 26.7 Å². The fourth-order valence-corrected chi connectivity index (χ4v) is 3.57. The number of hydrogen-bond acceptors (Lipinski definition) is 4. The first-order valence-corrected chi connectivity index (χ1v) is 7.74. The Morgan fingerprint density at radius 2 is 1.76 bits per heavy atom. The molecule has 1 unspecified atom stereocenters. The molecule has 1 atom stereocenters. The predicted molar refractivity (Wildman–Crippen MR) is 72.5 cm³/mol. The SMILES string of the molecule is CCC(CN)S(=O)(=O)N(CC)CCCN(C)C.